The molecule has 112 valence electrons. The lowest BCUT2D eigenvalue weighted by Crippen LogP contribution is -1.78. The van der Waals surface area contributed by atoms with E-state index in [2.05, 4.69) is 26.1 Å². The molecule has 3 aromatic rings. The number of hydrogen-bond donors (Lipinski definition) is 0. The summed E-state index contributed by atoms with van der Waals surface area (Å²) in [5, 5.41) is 8.40. The standard InChI is InChI=1S/C16H12BrClN2O2/c1-9-7-13(10(2)21-9)15-19-20-16(22-15)14(18)8-11-3-5-12(17)6-4-11/h3-8H,1-2H3/b14-8-. The predicted molar refractivity (Wildman–Crippen MR) is 89.3 cm³/mol. The fourth-order valence-electron chi connectivity index (χ4n) is 2.04. The van der Waals surface area contributed by atoms with Gasteiger partial charge in [0, 0.05) is 4.47 Å². The molecule has 22 heavy (non-hydrogen) atoms. The first-order valence-electron chi connectivity index (χ1n) is 6.57. The van der Waals surface area contributed by atoms with Gasteiger partial charge in [0.25, 0.3) is 11.8 Å². The smallest absolute Gasteiger partial charge is 0.259 e. The maximum Gasteiger partial charge on any atom is 0.259 e. The molecule has 0 saturated heterocycles. The van der Waals surface area contributed by atoms with Gasteiger partial charge in [0.1, 0.15) is 16.6 Å². The molecule has 6 heteroatoms. The first-order valence-corrected chi connectivity index (χ1v) is 7.74. The van der Waals surface area contributed by atoms with Gasteiger partial charge >= 0.3 is 0 Å². The van der Waals surface area contributed by atoms with Gasteiger partial charge in [-0.1, -0.05) is 39.7 Å². The number of nitrogens with zero attached hydrogens (tertiary/aromatic N) is 2. The summed E-state index contributed by atoms with van der Waals surface area (Å²) in [6.45, 7) is 3.72. The van der Waals surface area contributed by atoms with Crippen LogP contribution in [0.5, 0.6) is 0 Å². The minimum atomic E-state index is 0.276. The van der Waals surface area contributed by atoms with Crippen LogP contribution in [-0.2, 0) is 0 Å². The molecule has 1 aromatic carbocycles. The third-order valence-corrected chi connectivity index (χ3v) is 3.86. The molecule has 0 atom stereocenters. The lowest BCUT2D eigenvalue weighted by atomic mass is 10.2. The molecule has 0 unspecified atom stereocenters. The van der Waals surface area contributed by atoms with Gasteiger partial charge in [-0.05, 0) is 43.7 Å². The summed E-state index contributed by atoms with van der Waals surface area (Å²) in [4.78, 5) is 0. The molecule has 0 N–H and O–H groups in total. The first kappa shape index (κ1) is 15.1. The topological polar surface area (TPSA) is 52.1 Å². The normalized spacial score (nSPS) is 11.9. The van der Waals surface area contributed by atoms with E-state index in [1.54, 1.807) is 6.08 Å². The molecule has 0 aliphatic rings. The van der Waals surface area contributed by atoms with Crippen molar-refractivity contribution in [2.75, 3.05) is 0 Å². The van der Waals surface area contributed by atoms with Crippen molar-refractivity contribution in [3.05, 3.63) is 57.8 Å². The van der Waals surface area contributed by atoms with E-state index in [4.69, 9.17) is 20.4 Å². The predicted octanol–water partition coefficient (Wildman–Crippen LogP) is 5.45. The number of halogens is 2. The Morgan fingerprint density at radius 1 is 1.14 bits per heavy atom. The van der Waals surface area contributed by atoms with Gasteiger partial charge in [-0.25, -0.2) is 0 Å². The summed E-state index contributed by atoms with van der Waals surface area (Å²) in [7, 11) is 0. The number of rotatable bonds is 3. The van der Waals surface area contributed by atoms with E-state index in [1.807, 2.05) is 44.2 Å². The maximum atomic E-state index is 6.26. The summed E-state index contributed by atoms with van der Waals surface area (Å²) in [5.74, 6) is 2.20. The summed E-state index contributed by atoms with van der Waals surface area (Å²) in [5.41, 5.74) is 1.73. The molecular weight excluding hydrogens is 368 g/mol. The fourth-order valence-corrected chi connectivity index (χ4v) is 2.51. The fraction of sp³-hybridized carbons (Fsp3) is 0.125. The van der Waals surface area contributed by atoms with Crippen LogP contribution in [0.3, 0.4) is 0 Å². The third kappa shape index (κ3) is 3.15. The second-order valence-corrected chi connectivity index (χ2v) is 6.11. The van der Waals surface area contributed by atoms with Crippen molar-refractivity contribution in [3.8, 4) is 11.5 Å². The Labute approximate surface area is 140 Å². The summed E-state index contributed by atoms with van der Waals surface area (Å²) < 4.78 is 12.1. The Morgan fingerprint density at radius 3 is 2.50 bits per heavy atom. The van der Waals surface area contributed by atoms with Crippen molar-refractivity contribution in [3.63, 3.8) is 0 Å². The molecule has 0 aliphatic heterocycles. The van der Waals surface area contributed by atoms with Crippen LogP contribution >= 0.6 is 27.5 Å². The number of furan rings is 1. The molecule has 2 heterocycles. The lowest BCUT2D eigenvalue weighted by molar-refractivity contribution is 0.502. The highest BCUT2D eigenvalue weighted by Crippen LogP contribution is 2.28. The van der Waals surface area contributed by atoms with E-state index in [1.165, 1.54) is 0 Å². The Morgan fingerprint density at radius 2 is 1.86 bits per heavy atom. The number of aryl methyl sites for hydroxylation is 2. The van der Waals surface area contributed by atoms with Gasteiger partial charge in [-0.3, -0.25) is 0 Å². The number of hydrogen-bond acceptors (Lipinski definition) is 4. The van der Waals surface area contributed by atoms with Crippen molar-refractivity contribution in [2.45, 2.75) is 13.8 Å². The van der Waals surface area contributed by atoms with Crippen LogP contribution < -0.4 is 0 Å². The Hall–Kier alpha value is -1.85. The molecular formula is C16H12BrClN2O2. The first-order chi connectivity index (χ1) is 10.5. The van der Waals surface area contributed by atoms with Crippen LogP contribution in [0.1, 0.15) is 23.0 Å². The SMILES string of the molecule is Cc1cc(-c2nnc(/C(Cl)=C/c3ccc(Br)cc3)o2)c(C)o1. The molecule has 2 aromatic heterocycles. The Balaban J connectivity index is 1.90. The third-order valence-electron chi connectivity index (χ3n) is 3.06. The van der Waals surface area contributed by atoms with Gasteiger partial charge in [-0.15, -0.1) is 10.2 Å². The van der Waals surface area contributed by atoms with Crippen LogP contribution in [-0.4, -0.2) is 10.2 Å². The van der Waals surface area contributed by atoms with Crippen molar-refractivity contribution < 1.29 is 8.83 Å². The minimum Gasteiger partial charge on any atom is -0.466 e. The van der Waals surface area contributed by atoms with Gasteiger partial charge in [0.2, 0.25) is 0 Å². The average Bonchev–Trinajstić information content (AvgIpc) is 3.08. The van der Waals surface area contributed by atoms with Gasteiger partial charge in [0.15, 0.2) is 0 Å². The maximum absolute atomic E-state index is 6.26. The molecule has 0 bridgehead atoms. The summed E-state index contributed by atoms with van der Waals surface area (Å²) in [6, 6.07) is 9.61. The van der Waals surface area contributed by atoms with Crippen LogP contribution in [0, 0.1) is 13.8 Å². The Bertz CT molecular complexity index is 834. The molecule has 0 radical (unpaired) electrons. The zero-order valence-electron chi connectivity index (χ0n) is 11.9. The monoisotopic (exact) mass is 378 g/mol. The van der Waals surface area contributed by atoms with E-state index < -0.39 is 0 Å². The van der Waals surface area contributed by atoms with Gasteiger partial charge in [0.05, 0.1) is 5.56 Å². The quantitative estimate of drug-likeness (QED) is 0.607. The van der Waals surface area contributed by atoms with Crippen LogP contribution in [0.15, 0.2) is 43.6 Å². The summed E-state index contributed by atoms with van der Waals surface area (Å²) in [6.07, 6.45) is 1.78. The number of benzene rings is 1. The largest absolute Gasteiger partial charge is 0.466 e. The van der Waals surface area contributed by atoms with E-state index in [0.717, 1.165) is 27.1 Å². The van der Waals surface area contributed by atoms with E-state index in [0.29, 0.717) is 10.9 Å². The summed E-state index contributed by atoms with van der Waals surface area (Å²) >= 11 is 9.65. The molecule has 0 fully saturated rings. The van der Waals surface area contributed by atoms with Crippen LogP contribution in [0.2, 0.25) is 0 Å². The Kier molecular flexibility index (Phi) is 4.18. The molecule has 0 aliphatic carbocycles. The highest BCUT2D eigenvalue weighted by atomic mass is 79.9. The highest BCUT2D eigenvalue weighted by Gasteiger charge is 2.16. The molecule has 3 rings (SSSR count). The second kappa shape index (κ2) is 6.10. The zero-order chi connectivity index (χ0) is 15.7. The van der Waals surface area contributed by atoms with Crippen molar-refractivity contribution >= 4 is 38.6 Å². The van der Waals surface area contributed by atoms with Crippen LogP contribution in [0.25, 0.3) is 22.6 Å². The van der Waals surface area contributed by atoms with E-state index >= 15 is 0 Å². The number of aromatic nitrogens is 2. The van der Waals surface area contributed by atoms with E-state index in [9.17, 15) is 0 Å². The average molecular weight is 380 g/mol. The van der Waals surface area contributed by atoms with Crippen molar-refractivity contribution in [1.82, 2.24) is 10.2 Å². The van der Waals surface area contributed by atoms with E-state index in [-0.39, 0.29) is 5.89 Å². The molecule has 0 saturated carbocycles. The lowest BCUT2D eigenvalue weighted by Gasteiger charge is -1.95. The van der Waals surface area contributed by atoms with Crippen molar-refractivity contribution in [2.24, 2.45) is 0 Å². The van der Waals surface area contributed by atoms with Gasteiger partial charge in [-0.2, -0.15) is 0 Å². The van der Waals surface area contributed by atoms with Gasteiger partial charge < -0.3 is 8.83 Å². The second-order valence-electron chi connectivity index (χ2n) is 4.78. The highest BCUT2D eigenvalue weighted by molar-refractivity contribution is 9.10. The molecule has 4 nitrogen and oxygen atoms in total. The van der Waals surface area contributed by atoms with Crippen LogP contribution in [0.4, 0.5) is 0 Å². The van der Waals surface area contributed by atoms with Crippen molar-refractivity contribution in [1.29, 1.82) is 0 Å². The molecule has 0 amide bonds. The zero-order valence-corrected chi connectivity index (χ0v) is 14.3. The minimum absolute atomic E-state index is 0.276. The molecule has 0 spiro atoms.